The van der Waals surface area contributed by atoms with Crippen LogP contribution in [0.25, 0.3) is 5.69 Å². The molecule has 84 valence electrons. The predicted molar refractivity (Wildman–Crippen MR) is 55.5 cm³/mol. The Morgan fingerprint density at radius 2 is 1.62 bits per heavy atom. The van der Waals surface area contributed by atoms with Crippen LogP contribution >= 0.6 is 0 Å². The average molecular weight is 225 g/mol. The molecule has 0 saturated carbocycles. The predicted octanol–water partition coefficient (Wildman–Crippen LogP) is 3.80. The Balaban J connectivity index is 2.47. The fourth-order valence-electron chi connectivity index (χ4n) is 1.60. The van der Waals surface area contributed by atoms with E-state index in [4.69, 9.17) is 0 Å². The molecule has 0 saturated heterocycles. The summed E-state index contributed by atoms with van der Waals surface area (Å²) in [5.41, 5.74) is 0.369. The van der Waals surface area contributed by atoms with E-state index in [1.54, 1.807) is 24.3 Å². The summed E-state index contributed by atoms with van der Waals surface area (Å²) in [5, 5.41) is 0. The quantitative estimate of drug-likeness (QED) is 0.695. The SMILES string of the molecule is Cc1cn(-c2ccccc2)cc1C(F)(F)F. The fraction of sp³-hybridized carbons (Fsp3) is 0.167. The van der Waals surface area contributed by atoms with Crippen molar-refractivity contribution in [2.75, 3.05) is 0 Å². The molecule has 0 amide bonds. The molecule has 0 spiro atoms. The van der Waals surface area contributed by atoms with E-state index in [0.29, 0.717) is 0 Å². The third kappa shape index (κ3) is 1.96. The second-order valence-corrected chi connectivity index (χ2v) is 3.60. The van der Waals surface area contributed by atoms with Crippen molar-refractivity contribution in [2.24, 2.45) is 0 Å². The van der Waals surface area contributed by atoms with E-state index in [0.717, 1.165) is 11.9 Å². The van der Waals surface area contributed by atoms with Crippen LogP contribution in [-0.4, -0.2) is 4.57 Å². The van der Waals surface area contributed by atoms with Crippen molar-refractivity contribution >= 4 is 0 Å². The van der Waals surface area contributed by atoms with Gasteiger partial charge in [0.25, 0.3) is 0 Å². The Morgan fingerprint density at radius 1 is 1.00 bits per heavy atom. The van der Waals surface area contributed by atoms with Crippen molar-refractivity contribution in [3.8, 4) is 5.69 Å². The van der Waals surface area contributed by atoms with Crippen molar-refractivity contribution in [1.29, 1.82) is 0 Å². The molecule has 2 rings (SSSR count). The molecular weight excluding hydrogens is 215 g/mol. The van der Waals surface area contributed by atoms with Crippen LogP contribution in [0.5, 0.6) is 0 Å². The minimum atomic E-state index is -4.29. The molecule has 0 aliphatic heterocycles. The van der Waals surface area contributed by atoms with E-state index < -0.39 is 11.7 Å². The van der Waals surface area contributed by atoms with Crippen molar-refractivity contribution in [1.82, 2.24) is 4.57 Å². The van der Waals surface area contributed by atoms with Gasteiger partial charge in [0.15, 0.2) is 0 Å². The Kier molecular flexibility index (Phi) is 2.50. The van der Waals surface area contributed by atoms with Gasteiger partial charge < -0.3 is 4.57 Å². The van der Waals surface area contributed by atoms with Crippen LogP contribution in [0.1, 0.15) is 11.1 Å². The number of hydrogen-bond acceptors (Lipinski definition) is 0. The third-order valence-electron chi connectivity index (χ3n) is 2.39. The van der Waals surface area contributed by atoms with Gasteiger partial charge >= 0.3 is 6.18 Å². The molecule has 16 heavy (non-hydrogen) atoms. The number of nitrogens with zero attached hydrogens (tertiary/aromatic N) is 1. The van der Waals surface area contributed by atoms with Crippen LogP contribution in [0.15, 0.2) is 42.7 Å². The normalized spacial score (nSPS) is 11.8. The first-order valence-corrected chi connectivity index (χ1v) is 4.79. The molecule has 0 aliphatic rings. The Morgan fingerprint density at radius 3 is 2.12 bits per heavy atom. The number of halogens is 3. The zero-order chi connectivity index (χ0) is 11.8. The lowest BCUT2D eigenvalue weighted by Gasteiger charge is -2.04. The number of aryl methyl sites for hydroxylation is 1. The van der Waals surface area contributed by atoms with Gasteiger partial charge in [-0.15, -0.1) is 0 Å². The van der Waals surface area contributed by atoms with Crippen molar-refractivity contribution in [3.63, 3.8) is 0 Å². The fourth-order valence-corrected chi connectivity index (χ4v) is 1.60. The molecule has 0 atom stereocenters. The monoisotopic (exact) mass is 225 g/mol. The number of rotatable bonds is 1. The standard InChI is InChI=1S/C12H10F3N/c1-9-7-16(8-11(9)12(13,14)15)10-5-3-2-4-6-10/h2-8H,1H3. The smallest absolute Gasteiger partial charge is 0.323 e. The minimum Gasteiger partial charge on any atom is -0.323 e. The van der Waals surface area contributed by atoms with Crippen LogP contribution in [0.3, 0.4) is 0 Å². The maximum Gasteiger partial charge on any atom is 0.418 e. The maximum absolute atomic E-state index is 12.6. The van der Waals surface area contributed by atoms with Gasteiger partial charge in [-0.3, -0.25) is 0 Å². The summed E-state index contributed by atoms with van der Waals surface area (Å²) in [5.74, 6) is 0. The molecule has 1 aromatic carbocycles. The van der Waals surface area contributed by atoms with Gasteiger partial charge in [-0.25, -0.2) is 0 Å². The van der Waals surface area contributed by atoms with E-state index in [2.05, 4.69) is 0 Å². The molecule has 4 heteroatoms. The largest absolute Gasteiger partial charge is 0.418 e. The summed E-state index contributed by atoms with van der Waals surface area (Å²) in [7, 11) is 0. The summed E-state index contributed by atoms with van der Waals surface area (Å²) >= 11 is 0. The lowest BCUT2D eigenvalue weighted by atomic mass is 10.2. The van der Waals surface area contributed by atoms with Crippen molar-refractivity contribution < 1.29 is 13.2 Å². The summed E-state index contributed by atoms with van der Waals surface area (Å²) in [6, 6.07) is 8.93. The highest BCUT2D eigenvalue weighted by molar-refractivity contribution is 5.37. The highest BCUT2D eigenvalue weighted by Crippen LogP contribution is 2.32. The van der Waals surface area contributed by atoms with Gasteiger partial charge in [-0.1, -0.05) is 18.2 Å². The summed E-state index contributed by atoms with van der Waals surface area (Å²) in [4.78, 5) is 0. The van der Waals surface area contributed by atoms with Gasteiger partial charge in [-0.05, 0) is 24.6 Å². The summed E-state index contributed by atoms with van der Waals surface area (Å²) in [6.45, 7) is 1.46. The van der Waals surface area contributed by atoms with Gasteiger partial charge in [0.2, 0.25) is 0 Å². The zero-order valence-corrected chi connectivity index (χ0v) is 8.62. The number of alkyl halides is 3. The molecule has 1 nitrogen and oxygen atoms in total. The number of para-hydroxylation sites is 1. The van der Waals surface area contributed by atoms with E-state index in [1.165, 1.54) is 17.7 Å². The first kappa shape index (κ1) is 10.8. The molecule has 0 unspecified atom stereocenters. The minimum absolute atomic E-state index is 0.233. The zero-order valence-electron chi connectivity index (χ0n) is 8.62. The van der Waals surface area contributed by atoms with Gasteiger partial charge in [0.1, 0.15) is 0 Å². The number of aromatic nitrogens is 1. The van der Waals surface area contributed by atoms with Gasteiger partial charge in [0, 0.05) is 18.1 Å². The molecule has 0 aliphatic carbocycles. The van der Waals surface area contributed by atoms with E-state index in [9.17, 15) is 13.2 Å². The molecule has 0 N–H and O–H groups in total. The molecule has 0 bridgehead atoms. The summed E-state index contributed by atoms with van der Waals surface area (Å²) in [6.07, 6.45) is -1.69. The number of benzene rings is 1. The van der Waals surface area contributed by atoms with Crippen molar-refractivity contribution in [2.45, 2.75) is 13.1 Å². The Bertz CT molecular complexity index is 483. The summed E-state index contributed by atoms with van der Waals surface area (Å²) < 4.78 is 39.2. The Labute approximate surface area is 91.1 Å². The van der Waals surface area contributed by atoms with Gasteiger partial charge in [-0.2, -0.15) is 13.2 Å². The second-order valence-electron chi connectivity index (χ2n) is 3.60. The third-order valence-corrected chi connectivity index (χ3v) is 2.39. The van der Waals surface area contributed by atoms with Crippen molar-refractivity contribution in [3.05, 3.63) is 53.9 Å². The Hall–Kier alpha value is -1.71. The highest BCUT2D eigenvalue weighted by Gasteiger charge is 2.33. The first-order chi connectivity index (χ1) is 7.48. The van der Waals surface area contributed by atoms with Crippen LogP contribution in [-0.2, 0) is 6.18 Å². The highest BCUT2D eigenvalue weighted by atomic mass is 19.4. The molecular formula is C12H10F3N. The van der Waals surface area contributed by atoms with E-state index >= 15 is 0 Å². The average Bonchev–Trinajstić information content (AvgIpc) is 2.61. The van der Waals surface area contributed by atoms with Gasteiger partial charge in [0.05, 0.1) is 5.56 Å². The topological polar surface area (TPSA) is 4.93 Å². The van der Waals surface area contributed by atoms with Crippen LogP contribution in [0.2, 0.25) is 0 Å². The van der Waals surface area contributed by atoms with Crippen LogP contribution < -0.4 is 0 Å². The molecule has 2 aromatic rings. The maximum atomic E-state index is 12.6. The lowest BCUT2D eigenvalue weighted by Crippen LogP contribution is -2.04. The second kappa shape index (κ2) is 3.70. The van der Waals surface area contributed by atoms with E-state index in [-0.39, 0.29) is 5.56 Å². The first-order valence-electron chi connectivity index (χ1n) is 4.79. The lowest BCUT2D eigenvalue weighted by molar-refractivity contribution is -0.137. The molecule has 0 fully saturated rings. The molecule has 1 aromatic heterocycles. The number of hydrogen-bond donors (Lipinski definition) is 0. The van der Waals surface area contributed by atoms with Crippen LogP contribution in [0.4, 0.5) is 13.2 Å². The van der Waals surface area contributed by atoms with Crippen LogP contribution in [0, 0.1) is 6.92 Å². The molecule has 1 heterocycles. The van der Waals surface area contributed by atoms with E-state index in [1.807, 2.05) is 6.07 Å². The molecule has 0 radical (unpaired) electrons.